The van der Waals surface area contributed by atoms with E-state index < -0.39 is 0 Å². The highest BCUT2D eigenvalue weighted by atomic mass is 35.5. The predicted molar refractivity (Wildman–Crippen MR) is 95.4 cm³/mol. The van der Waals surface area contributed by atoms with Gasteiger partial charge in [-0.1, -0.05) is 42.5 Å². The zero-order valence-corrected chi connectivity index (χ0v) is 14.5. The maximum Gasteiger partial charge on any atom is 0.267 e. The number of hydrazone groups is 1. The monoisotopic (exact) mass is 353 g/mol. The molecule has 3 rings (SSSR count). The normalized spacial score (nSPS) is 18.9. The predicted octanol–water partition coefficient (Wildman–Crippen LogP) is 4.26. The Hall–Kier alpha value is -1.26. The van der Waals surface area contributed by atoms with Crippen molar-refractivity contribution in [2.24, 2.45) is 11.0 Å². The standard InChI is InChI=1S/C17H21Cl2N3O/c18-13-6-7-16(14(19)10-13)22-9-8-15(21-22)17(23)20-11-12-4-2-1-3-5-12/h6-7,10,12H,1-5,8-9,11H2,(H,20,23). The molecule has 1 amide bonds. The van der Waals surface area contributed by atoms with Crippen LogP contribution in [0.5, 0.6) is 0 Å². The van der Waals surface area contributed by atoms with Crippen LogP contribution in [0.25, 0.3) is 0 Å². The molecular weight excluding hydrogens is 333 g/mol. The summed E-state index contributed by atoms with van der Waals surface area (Å²) in [5.41, 5.74) is 1.36. The van der Waals surface area contributed by atoms with Crippen LogP contribution in [0.1, 0.15) is 38.5 Å². The minimum Gasteiger partial charge on any atom is -0.351 e. The third-order valence-electron chi connectivity index (χ3n) is 4.53. The molecule has 0 spiro atoms. The second-order valence-corrected chi connectivity index (χ2v) is 7.07. The van der Waals surface area contributed by atoms with Crippen LogP contribution in [0.15, 0.2) is 23.3 Å². The number of halogens is 2. The van der Waals surface area contributed by atoms with Gasteiger partial charge in [0.1, 0.15) is 5.71 Å². The van der Waals surface area contributed by atoms with E-state index in [1.807, 2.05) is 6.07 Å². The lowest BCUT2D eigenvalue weighted by Gasteiger charge is -2.21. The molecule has 1 fully saturated rings. The van der Waals surface area contributed by atoms with E-state index in [-0.39, 0.29) is 5.91 Å². The highest BCUT2D eigenvalue weighted by Crippen LogP contribution is 2.30. The van der Waals surface area contributed by atoms with Crippen molar-refractivity contribution in [1.29, 1.82) is 0 Å². The van der Waals surface area contributed by atoms with Gasteiger partial charge >= 0.3 is 0 Å². The Morgan fingerprint density at radius 1 is 1.26 bits per heavy atom. The van der Waals surface area contributed by atoms with Crippen molar-refractivity contribution in [3.63, 3.8) is 0 Å². The molecule has 1 aliphatic heterocycles. The third kappa shape index (κ3) is 4.18. The number of benzene rings is 1. The van der Waals surface area contributed by atoms with Crippen molar-refractivity contribution in [3.05, 3.63) is 28.2 Å². The summed E-state index contributed by atoms with van der Waals surface area (Å²) in [5, 5.41) is 10.4. The molecule has 124 valence electrons. The highest BCUT2D eigenvalue weighted by Gasteiger charge is 2.23. The van der Waals surface area contributed by atoms with E-state index in [1.54, 1.807) is 17.1 Å². The van der Waals surface area contributed by atoms with Crippen LogP contribution in [-0.2, 0) is 4.79 Å². The summed E-state index contributed by atoms with van der Waals surface area (Å²) >= 11 is 12.1. The summed E-state index contributed by atoms with van der Waals surface area (Å²) < 4.78 is 0. The fourth-order valence-electron chi connectivity index (χ4n) is 3.21. The van der Waals surface area contributed by atoms with Crippen LogP contribution in [0.2, 0.25) is 10.0 Å². The van der Waals surface area contributed by atoms with Gasteiger partial charge in [-0.15, -0.1) is 0 Å². The zero-order chi connectivity index (χ0) is 16.2. The van der Waals surface area contributed by atoms with Gasteiger partial charge in [-0.2, -0.15) is 5.10 Å². The first-order chi connectivity index (χ1) is 11.1. The number of amides is 1. The van der Waals surface area contributed by atoms with Crippen molar-refractivity contribution in [3.8, 4) is 0 Å². The lowest BCUT2D eigenvalue weighted by atomic mass is 9.89. The molecular formula is C17H21Cl2N3O. The van der Waals surface area contributed by atoms with Gasteiger partial charge in [0, 0.05) is 24.5 Å². The molecule has 1 aromatic rings. The minimum absolute atomic E-state index is 0.0526. The van der Waals surface area contributed by atoms with Crippen molar-refractivity contribution in [2.75, 3.05) is 18.1 Å². The average molecular weight is 354 g/mol. The molecule has 2 aliphatic rings. The van der Waals surface area contributed by atoms with Gasteiger partial charge in [-0.05, 0) is 37.0 Å². The van der Waals surface area contributed by atoms with Gasteiger partial charge in [0.2, 0.25) is 0 Å². The van der Waals surface area contributed by atoms with Crippen LogP contribution in [0.4, 0.5) is 5.69 Å². The van der Waals surface area contributed by atoms with Crippen molar-refractivity contribution >= 4 is 40.5 Å². The van der Waals surface area contributed by atoms with E-state index in [2.05, 4.69) is 10.4 Å². The van der Waals surface area contributed by atoms with Gasteiger partial charge in [0.25, 0.3) is 5.91 Å². The maximum absolute atomic E-state index is 12.3. The Morgan fingerprint density at radius 3 is 2.78 bits per heavy atom. The second kappa shape index (κ2) is 7.54. The molecule has 0 aromatic heterocycles. The lowest BCUT2D eigenvalue weighted by Crippen LogP contribution is -2.34. The maximum atomic E-state index is 12.3. The molecule has 6 heteroatoms. The van der Waals surface area contributed by atoms with E-state index in [1.165, 1.54) is 32.1 Å². The van der Waals surface area contributed by atoms with Gasteiger partial charge in [0.05, 0.1) is 10.7 Å². The van der Waals surface area contributed by atoms with Crippen LogP contribution in [-0.4, -0.2) is 24.7 Å². The Bertz CT molecular complexity index is 612. The van der Waals surface area contributed by atoms with E-state index in [4.69, 9.17) is 23.2 Å². The first-order valence-electron chi connectivity index (χ1n) is 8.22. The molecule has 4 nitrogen and oxygen atoms in total. The number of rotatable bonds is 4. The third-order valence-corrected chi connectivity index (χ3v) is 5.07. The largest absolute Gasteiger partial charge is 0.351 e. The Kier molecular flexibility index (Phi) is 5.44. The van der Waals surface area contributed by atoms with Crippen molar-refractivity contribution in [2.45, 2.75) is 38.5 Å². The summed E-state index contributed by atoms with van der Waals surface area (Å²) in [7, 11) is 0. The number of hydrogen-bond acceptors (Lipinski definition) is 3. The van der Waals surface area contributed by atoms with E-state index in [9.17, 15) is 4.79 Å². The van der Waals surface area contributed by atoms with Crippen LogP contribution < -0.4 is 10.3 Å². The smallest absolute Gasteiger partial charge is 0.267 e. The summed E-state index contributed by atoms with van der Waals surface area (Å²) in [4.78, 5) is 12.3. The molecule has 0 bridgehead atoms. The molecule has 23 heavy (non-hydrogen) atoms. The van der Waals surface area contributed by atoms with Crippen molar-refractivity contribution < 1.29 is 4.79 Å². The molecule has 1 heterocycles. The molecule has 0 radical (unpaired) electrons. The van der Waals surface area contributed by atoms with Gasteiger partial charge in [0.15, 0.2) is 0 Å². The highest BCUT2D eigenvalue weighted by molar-refractivity contribution is 6.40. The fourth-order valence-corrected chi connectivity index (χ4v) is 3.72. The first kappa shape index (κ1) is 16.6. The number of nitrogens with zero attached hydrogens (tertiary/aromatic N) is 2. The van der Waals surface area contributed by atoms with Crippen LogP contribution >= 0.6 is 23.2 Å². The van der Waals surface area contributed by atoms with E-state index in [0.29, 0.717) is 34.6 Å². The Morgan fingerprint density at radius 2 is 2.04 bits per heavy atom. The molecule has 1 saturated carbocycles. The molecule has 1 aliphatic carbocycles. The van der Waals surface area contributed by atoms with E-state index >= 15 is 0 Å². The Balaban J connectivity index is 1.59. The zero-order valence-electron chi connectivity index (χ0n) is 13.0. The van der Waals surface area contributed by atoms with Crippen LogP contribution in [0.3, 0.4) is 0 Å². The summed E-state index contributed by atoms with van der Waals surface area (Å²) in [6.45, 7) is 1.42. The molecule has 0 atom stereocenters. The van der Waals surface area contributed by atoms with Gasteiger partial charge < -0.3 is 5.32 Å². The SMILES string of the molecule is O=C(NCC1CCCCC1)C1=NN(c2ccc(Cl)cc2Cl)CC1. The average Bonchev–Trinajstić information content (AvgIpc) is 3.03. The lowest BCUT2D eigenvalue weighted by molar-refractivity contribution is -0.115. The number of anilines is 1. The number of hydrogen-bond donors (Lipinski definition) is 1. The fraction of sp³-hybridized carbons (Fsp3) is 0.529. The van der Waals surface area contributed by atoms with Gasteiger partial charge in [-0.3, -0.25) is 9.80 Å². The summed E-state index contributed by atoms with van der Waals surface area (Å²) in [5.74, 6) is 0.569. The first-order valence-corrected chi connectivity index (χ1v) is 8.97. The summed E-state index contributed by atoms with van der Waals surface area (Å²) in [6.07, 6.45) is 6.97. The minimum atomic E-state index is -0.0526. The second-order valence-electron chi connectivity index (χ2n) is 6.23. The number of nitrogens with one attached hydrogen (secondary N) is 1. The Labute approximate surface area is 146 Å². The number of carbonyl (C=O) groups excluding carboxylic acids is 1. The molecule has 0 saturated heterocycles. The van der Waals surface area contributed by atoms with E-state index in [0.717, 1.165) is 12.2 Å². The van der Waals surface area contributed by atoms with Crippen LogP contribution in [0, 0.1) is 5.92 Å². The molecule has 0 unspecified atom stereocenters. The molecule has 1 aromatic carbocycles. The molecule has 1 N–H and O–H groups in total. The topological polar surface area (TPSA) is 44.7 Å². The van der Waals surface area contributed by atoms with Gasteiger partial charge in [-0.25, -0.2) is 0 Å². The van der Waals surface area contributed by atoms with Crippen molar-refractivity contribution in [1.82, 2.24) is 5.32 Å². The number of carbonyl (C=O) groups is 1. The summed E-state index contributed by atoms with van der Waals surface area (Å²) in [6, 6.07) is 5.30. The quantitative estimate of drug-likeness (QED) is 0.878.